The lowest BCUT2D eigenvalue weighted by atomic mass is 10.2. The summed E-state index contributed by atoms with van der Waals surface area (Å²) in [5.74, 6) is -0.312. The highest BCUT2D eigenvalue weighted by atomic mass is 31.2. The van der Waals surface area contributed by atoms with E-state index in [4.69, 9.17) is 13.8 Å². The first-order valence-electron chi connectivity index (χ1n) is 6.50. The molecule has 1 N–H and O–H groups in total. The lowest BCUT2D eigenvalue weighted by Gasteiger charge is -2.20. The molecule has 5 nitrogen and oxygen atoms in total. The van der Waals surface area contributed by atoms with Crippen LogP contribution in [0.5, 0.6) is 0 Å². The fourth-order valence-corrected chi connectivity index (χ4v) is 2.37. The monoisotopic (exact) mass is 299 g/mol. The summed E-state index contributed by atoms with van der Waals surface area (Å²) in [4.78, 5) is 11.7. The van der Waals surface area contributed by atoms with E-state index in [0.29, 0.717) is 6.61 Å². The Hall–Kier alpha value is -1.00. The second-order valence-corrected chi connectivity index (χ2v) is 5.93. The van der Waals surface area contributed by atoms with E-state index >= 15 is 0 Å². The molecule has 2 unspecified atom stereocenters. The highest BCUT2D eigenvalue weighted by Crippen LogP contribution is 2.34. The van der Waals surface area contributed by atoms with Crippen molar-refractivity contribution >= 4 is 14.5 Å². The van der Waals surface area contributed by atoms with E-state index in [-0.39, 0.29) is 12.1 Å². The number of carbonyl (C=O) groups is 1. The molecule has 1 aromatic rings. The van der Waals surface area contributed by atoms with Gasteiger partial charge in [-0.25, -0.2) is 5.09 Å². The molecule has 0 saturated carbocycles. The van der Waals surface area contributed by atoms with Crippen LogP contribution in [-0.4, -0.2) is 25.2 Å². The predicted octanol–water partition coefficient (Wildman–Crippen LogP) is 3.01. The van der Waals surface area contributed by atoms with Gasteiger partial charge >= 0.3 is 5.97 Å². The molecular weight excluding hydrogens is 277 g/mol. The van der Waals surface area contributed by atoms with Gasteiger partial charge in [0.15, 0.2) is 0 Å². The summed E-state index contributed by atoms with van der Waals surface area (Å²) in [6.45, 7) is 5.79. The van der Waals surface area contributed by atoms with E-state index in [9.17, 15) is 4.79 Å². The molecular formula is C14H22NO4P. The van der Waals surface area contributed by atoms with Crippen LogP contribution in [0.1, 0.15) is 26.3 Å². The number of rotatable bonds is 8. The lowest BCUT2D eigenvalue weighted by Crippen LogP contribution is -2.34. The van der Waals surface area contributed by atoms with Gasteiger partial charge < -0.3 is 13.8 Å². The normalized spacial score (nSPS) is 14.1. The number of hydrogen-bond acceptors (Lipinski definition) is 5. The molecule has 20 heavy (non-hydrogen) atoms. The van der Waals surface area contributed by atoms with Crippen molar-refractivity contribution in [2.24, 2.45) is 0 Å². The van der Waals surface area contributed by atoms with Gasteiger partial charge in [-0.15, -0.1) is 0 Å². The molecule has 0 aromatic heterocycles. The number of esters is 1. The third-order valence-corrected chi connectivity index (χ3v) is 3.65. The average molecular weight is 299 g/mol. The first-order valence-corrected chi connectivity index (χ1v) is 7.68. The molecule has 2 atom stereocenters. The highest BCUT2D eigenvalue weighted by Gasteiger charge is 2.21. The lowest BCUT2D eigenvalue weighted by molar-refractivity contribution is -0.149. The van der Waals surface area contributed by atoms with Crippen LogP contribution in [0.3, 0.4) is 0 Å². The Balaban J connectivity index is 2.40. The van der Waals surface area contributed by atoms with Crippen LogP contribution < -0.4 is 5.09 Å². The van der Waals surface area contributed by atoms with Crippen molar-refractivity contribution in [2.75, 3.05) is 7.11 Å². The zero-order valence-electron chi connectivity index (χ0n) is 12.3. The van der Waals surface area contributed by atoms with Crippen LogP contribution in [0.2, 0.25) is 0 Å². The zero-order chi connectivity index (χ0) is 15.0. The average Bonchev–Trinajstić information content (AvgIpc) is 2.43. The van der Waals surface area contributed by atoms with Gasteiger partial charge in [-0.1, -0.05) is 30.3 Å². The Kier molecular flexibility index (Phi) is 7.70. The number of carbonyl (C=O) groups excluding carboxylic acids is 1. The minimum Gasteiger partial charge on any atom is -0.462 e. The van der Waals surface area contributed by atoms with Crippen LogP contribution in [0.4, 0.5) is 0 Å². The van der Waals surface area contributed by atoms with Crippen molar-refractivity contribution in [1.82, 2.24) is 5.09 Å². The number of nitrogens with one attached hydrogen (secondary N) is 1. The van der Waals surface area contributed by atoms with Crippen LogP contribution in [0, 0.1) is 0 Å². The smallest absolute Gasteiger partial charge is 0.323 e. The highest BCUT2D eigenvalue weighted by molar-refractivity contribution is 7.45. The van der Waals surface area contributed by atoms with E-state index < -0.39 is 14.6 Å². The Bertz CT molecular complexity index is 399. The molecule has 6 heteroatoms. The third kappa shape index (κ3) is 6.44. The molecule has 1 rings (SSSR count). The minimum absolute atomic E-state index is 0.134. The van der Waals surface area contributed by atoms with Gasteiger partial charge in [-0.05, 0) is 26.3 Å². The number of benzene rings is 1. The van der Waals surface area contributed by atoms with Crippen molar-refractivity contribution in [3.63, 3.8) is 0 Å². The first kappa shape index (κ1) is 17.1. The summed E-state index contributed by atoms with van der Waals surface area (Å²) in [5.41, 5.74) is 1.05. The summed E-state index contributed by atoms with van der Waals surface area (Å²) in [5, 5.41) is 2.99. The Morgan fingerprint density at radius 1 is 1.25 bits per heavy atom. The SMILES string of the molecule is COP(NC(C)C(=O)OC(C)C)OCc1ccccc1. The van der Waals surface area contributed by atoms with Crippen LogP contribution >= 0.6 is 8.53 Å². The fourth-order valence-electron chi connectivity index (χ4n) is 1.40. The third-order valence-electron chi connectivity index (χ3n) is 2.36. The summed E-state index contributed by atoms with van der Waals surface area (Å²) < 4.78 is 16.0. The molecule has 0 aliphatic rings. The molecule has 0 saturated heterocycles. The van der Waals surface area contributed by atoms with E-state index in [1.54, 1.807) is 14.0 Å². The van der Waals surface area contributed by atoms with Crippen molar-refractivity contribution in [2.45, 2.75) is 39.5 Å². The van der Waals surface area contributed by atoms with Gasteiger partial charge in [0.2, 0.25) is 0 Å². The van der Waals surface area contributed by atoms with Gasteiger partial charge in [0.25, 0.3) is 8.53 Å². The van der Waals surface area contributed by atoms with Crippen molar-refractivity contribution in [3.8, 4) is 0 Å². The van der Waals surface area contributed by atoms with E-state index in [0.717, 1.165) is 5.56 Å². The van der Waals surface area contributed by atoms with Crippen LogP contribution in [0.25, 0.3) is 0 Å². The zero-order valence-corrected chi connectivity index (χ0v) is 13.2. The van der Waals surface area contributed by atoms with E-state index in [1.807, 2.05) is 44.2 Å². The maximum atomic E-state index is 11.7. The van der Waals surface area contributed by atoms with Crippen LogP contribution in [0.15, 0.2) is 30.3 Å². The summed E-state index contributed by atoms with van der Waals surface area (Å²) in [6.07, 6.45) is -0.134. The molecule has 1 aromatic carbocycles. The number of hydrogen-bond donors (Lipinski definition) is 1. The van der Waals surface area contributed by atoms with Gasteiger partial charge in [-0.3, -0.25) is 4.79 Å². The second kappa shape index (κ2) is 9.03. The molecule has 0 spiro atoms. The Morgan fingerprint density at radius 3 is 2.45 bits per heavy atom. The molecule has 0 aliphatic heterocycles. The minimum atomic E-state index is -1.33. The van der Waals surface area contributed by atoms with Crippen LogP contribution in [-0.2, 0) is 25.2 Å². The number of ether oxygens (including phenoxy) is 1. The molecule has 0 fully saturated rings. The molecule has 0 amide bonds. The maximum absolute atomic E-state index is 11.7. The second-order valence-electron chi connectivity index (χ2n) is 4.54. The largest absolute Gasteiger partial charge is 0.462 e. The van der Waals surface area contributed by atoms with Gasteiger partial charge in [0.1, 0.15) is 6.04 Å². The van der Waals surface area contributed by atoms with Gasteiger partial charge in [-0.2, -0.15) is 0 Å². The fraction of sp³-hybridized carbons (Fsp3) is 0.500. The van der Waals surface area contributed by atoms with E-state index in [2.05, 4.69) is 5.09 Å². The molecule has 0 bridgehead atoms. The molecule has 112 valence electrons. The summed E-state index contributed by atoms with van der Waals surface area (Å²) in [6, 6.07) is 9.32. The van der Waals surface area contributed by atoms with Gasteiger partial charge in [0, 0.05) is 7.11 Å². The van der Waals surface area contributed by atoms with Crippen molar-refractivity contribution in [1.29, 1.82) is 0 Å². The van der Waals surface area contributed by atoms with E-state index in [1.165, 1.54) is 0 Å². The maximum Gasteiger partial charge on any atom is 0.323 e. The van der Waals surface area contributed by atoms with Crippen molar-refractivity contribution in [3.05, 3.63) is 35.9 Å². The molecule has 0 heterocycles. The Labute approximate surface area is 121 Å². The quantitative estimate of drug-likeness (QED) is 0.590. The van der Waals surface area contributed by atoms with Crippen molar-refractivity contribution < 1.29 is 18.6 Å². The predicted molar refractivity (Wildman–Crippen MR) is 79.0 cm³/mol. The topological polar surface area (TPSA) is 56.8 Å². The summed E-state index contributed by atoms with van der Waals surface area (Å²) >= 11 is 0. The molecule has 0 radical (unpaired) electrons. The standard InChI is InChI=1S/C14H22NO4P/c1-11(2)19-14(16)12(3)15-20(17-4)18-10-13-8-6-5-7-9-13/h5-9,11-12,15H,10H2,1-4H3. The summed E-state index contributed by atoms with van der Waals surface area (Å²) in [7, 11) is 0.216. The van der Waals surface area contributed by atoms with Gasteiger partial charge in [0.05, 0.1) is 12.7 Å². The molecule has 0 aliphatic carbocycles. The Morgan fingerprint density at radius 2 is 1.90 bits per heavy atom. The first-order chi connectivity index (χ1) is 9.52.